The van der Waals surface area contributed by atoms with Gasteiger partial charge in [0, 0.05) is 30.5 Å². The van der Waals surface area contributed by atoms with Crippen molar-refractivity contribution in [2.45, 2.75) is 31.4 Å². The van der Waals surface area contributed by atoms with Crippen LogP contribution in [-0.4, -0.2) is 37.8 Å². The number of aromatic nitrogens is 1. The van der Waals surface area contributed by atoms with Gasteiger partial charge in [0.15, 0.2) is 5.13 Å². The number of benzene rings is 1. The Labute approximate surface area is 166 Å². The lowest BCUT2D eigenvalue weighted by Gasteiger charge is -2.14. The van der Waals surface area contributed by atoms with E-state index in [1.165, 1.54) is 33.6 Å². The van der Waals surface area contributed by atoms with Crippen LogP contribution in [0, 0.1) is 0 Å². The van der Waals surface area contributed by atoms with Gasteiger partial charge in [0.25, 0.3) is 0 Å². The van der Waals surface area contributed by atoms with Crippen molar-refractivity contribution >= 4 is 56.6 Å². The van der Waals surface area contributed by atoms with Gasteiger partial charge in [-0.1, -0.05) is 61.2 Å². The van der Waals surface area contributed by atoms with Crippen LogP contribution in [0.4, 0.5) is 5.13 Å². The van der Waals surface area contributed by atoms with Crippen molar-refractivity contribution in [1.82, 2.24) is 9.88 Å². The van der Waals surface area contributed by atoms with E-state index in [2.05, 4.69) is 22.4 Å². The molecule has 2 amide bonds. The molecule has 0 bridgehead atoms. The molecule has 3 rings (SSSR count). The first-order valence-electron chi connectivity index (χ1n) is 8.37. The van der Waals surface area contributed by atoms with Gasteiger partial charge in [-0.15, -0.1) is 11.3 Å². The number of amides is 2. The van der Waals surface area contributed by atoms with Gasteiger partial charge in [-0.05, 0) is 12.0 Å². The summed E-state index contributed by atoms with van der Waals surface area (Å²) in [5.41, 5.74) is 1.21. The Morgan fingerprint density at radius 2 is 2.12 bits per heavy atom. The zero-order chi connectivity index (χ0) is 18.5. The van der Waals surface area contributed by atoms with E-state index in [0.29, 0.717) is 16.0 Å². The number of thioether (sulfide) groups is 1. The summed E-state index contributed by atoms with van der Waals surface area (Å²) < 4.78 is 0.564. The number of hydrogen-bond donors (Lipinski definition) is 1. The third-order valence-corrected chi connectivity index (χ3v) is 6.62. The molecule has 2 aromatic rings. The minimum Gasteiger partial charge on any atom is -0.302 e. The van der Waals surface area contributed by atoms with Crippen molar-refractivity contribution in [1.29, 1.82) is 0 Å². The molecule has 0 radical (unpaired) electrons. The maximum Gasteiger partial charge on any atom is 0.241 e. The van der Waals surface area contributed by atoms with Crippen LogP contribution >= 0.6 is 35.3 Å². The highest BCUT2D eigenvalue weighted by Gasteiger charge is 2.35. The first-order valence-corrected chi connectivity index (χ1v) is 10.5. The fraction of sp³-hybridized carbons (Fsp3) is 0.333. The molecule has 2 heterocycles. The molecular formula is C18H19N3O2S3. The van der Waals surface area contributed by atoms with E-state index in [1.807, 2.05) is 25.1 Å². The Hall–Kier alpha value is -1.77. The quantitative estimate of drug-likeness (QED) is 0.712. The highest BCUT2D eigenvalue weighted by Crippen LogP contribution is 2.29. The molecule has 8 heteroatoms. The Kier molecular flexibility index (Phi) is 6.39. The molecule has 1 aromatic carbocycles. The van der Waals surface area contributed by atoms with Crippen LogP contribution in [0.1, 0.15) is 30.2 Å². The zero-order valence-corrected chi connectivity index (χ0v) is 16.8. The summed E-state index contributed by atoms with van der Waals surface area (Å²) in [5, 5.41) is 3.28. The summed E-state index contributed by atoms with van der Waals surface area (Å²) in [5.74, 6) is -0.152. The molecule has 1 unspecified atom stereocenters. The van der Waals surface area contributed by atoms with Gasteiger partial charge in [0.05, 0.1) is 5.25 Å². The van der Waals surface area contributed by atoms with Crippen LogP contribution in [0.3, 0.4) is 0 Å². The molecule has 1 aromatic heterocycles. The summed E-state index contributed by atoms with van der Waals surface area (Å²) >= 11 is 8.11. The van der Waals surface area contributed by atoms with Gasteiger partial charge < -0.3 is 5.32 Å². The van der Waals surface area contributed by atoms with Gasteiger partial charge in [-0.3, -0.25) is 14.5 Å². The minimum absolute atomic E-state index is 0.00898. The number of nitrogens with one attached hydrogen (secondary N) is 1. The number of thiocarbonyl (C=S) groups is 1. The predicted octanol–water partition coefficient (Wildman–Crippen LogP) is 3.70. The van der Waals surface area contributed by atoms with Crippen molar-refractivity contribution in [2.75, 3.05) is 11.9 Å². The van der Waals surface area contributed by atoms with E-state index in [4.69, 9.17) is 12.2 Å². The summed E-state index contributed by atoms with van der Waals surface area (Å²) in [6, 6.07) is 10.1. The van der Waals surface area contributed by atoms with Gasteiger partial charge >= 0.3 is 0 Å². The van der Waals surface area contributed by atoms with Crippen LogP contribution in [0.25, 0.3) is 0 Å². The number of hydrogen-bond acceptors (Lipinski definition) is 6. The molecule has 1 N–H and O–H groups in total. The van der Waals surface area contributed by atoms with Gasteiger partial charge in [-0.2, -0.15) is 0 Å². The summed E-state index contributed by atoms with van der Waals surface area (Å²) in [6.07, 6.45) is 3.53. The van der Waals surface area contributed by atoms with E-state index < -0.39 is 0 Å². The van der Waals surface area contributed by atoms with Gasteiger partial charge in [-0.25, -0.2) is 4.98 Å². The first-order chi connectivity index (χ1) is 12.6. The Morgan fingerprint density at radius 1 is 1.35 bits per heavy atom. The number of nitrogens with zero attached hydrogens (tertiary/aromatic N) is 2. The standard InChI is InChI=1S/C18H19N3O2S3/c1-2-14-16(23)21(18(24)26-14)9-8-15(22)20-17-19-11-13(25-17)10-12-6-4-3-5-7-12/h3-7,11,14H,2,8-10H2,1H3,(H,19,20,22). The number of rotatable bonds is 7. The lowest BCUT2D eigenvalue weighted by molar-refractivity contribution is -0.126. The lowest BCUT2D eigenvalue weighted by atomic mass is 10.1. The summed E-state index contributed by atoms with van der Waals surface area (Å²) in [4.78, 5) is 31.2. The Bertz CT molecular complexity index is 807. The molecule has 0 spiro atoms. The van der Waals surface area contributed by atoms with Crippen molar-refractivity contribution < 1.29 is 9.59 Å². The van der Waals surface area contributed by atoms with Crippen molar-refractivity contribution in [3.63, 3.8) is 0 Å². The summed E-state index contributed by atoms with van der Waals surface area (Å²) in [7, 11) is 0. The molecular weight excluding hydrogens is 386 g/mol. The highest BCUT2D eigenvalue weighted by atomic mass is 32.2. The minimum atomic E-state index is -0.161. The Balaban J connectivity index is 1.50. The third kappa shape index (κ3) is 4.69. The number of carbonyl (C=O) groups is 2. The topological polar surface area (TPSA) is 62.3 Å². The lowest BCUT2D eigenvalue weighted by Crippen LogP contribution is -2.33. The van der Waals surface area contributed by atoms with Crippen LogP contribution in [0.15, 0.2) is 36.5 Å². The van der Waals surface area contributed by atoms with E-state index in [9.17, 15) is 9.59 Å². The monoisotopic (exact) mass is 405 g/mol. The van der Waals surface area contributed by atoms with Gasteiger partial charge in [0.1, 0.15) is 4.32 Å². The third-order valence-electron chi connectivity index (χ3n) is 3.96. The average Bonchev–Trinajstić information content (AvgIpc) is 3.18. The maximum atomic E-state index is 12.2. The largest absolute Gasteiger partial charge is 0.302 e. The van der Waals surface area contributed by atoms with E-state index in [1.54, 1.807) is 6.20 Å². The van der Waals surface area contributed by atoms with Crippen LogP contribution in [-0.2, 0) is 16.0 Å². The fourth-order valence-electron chi connectivity index (χ4n) is 2.60. The van der Waals surface area contributed by atoms with Crippen LogP contribution in [0.5, 0.6) is 0 Å². The second kappa shape index (κ2) is 8.75. The first kappa shape index (κ1) is 19.0. The second-order valence-corrected chi connectivity index (χ2v) is 8.81. The number of carbonyl (C=O) groups excluding carboxylic acids is 2. The molecule has 1 aliphatic rings. The molecule has 0 aliphatic carbocycles. The molecule has 1 fully saturated rings. The molecule has 1 aliphatic heterocycles. The zero-order valence-electron chi connectivity index (χ0n) is 14.3. The van der Waals surface area contributed by atoms with Gasteiger partial charge in [0.2, 0.25) is 11.8 Å². The predicted molar refractivity (Wildman–Crippen MR) is 111 cm³/mol. The molecule has 1 saturated heterocycles. The molecule has 26 heavy (non-hydrogen) atoms. The summed E-state index contributed by atoms with van der Waals surface area (Å²) in [6.45, 7) is 2.28. The fourth-order valence-corrected chi connectivity index (χ4v) is 4.94. The Morgan fingerprint density at radius 3 is 2.81 bits per heavy atom. The average molecular weight is 406 g/mol. The smallest absolute Gasteiger partial charge is 0.241 e. The molecule has 1 atom stereocenters. The molecule has 5 nitrogen and oxygen atoms in total. The number of anilines is 1. The highest BCUT2D eigenvalue weighted by molar-refractivity contribution is 8.24. The van der Waals surface area contributed by atoms with E-state index in [0.717, 1.165) is 17.7 Å². The van der Waals surface area contributed by atoms with Crippen LogP contribution < -0.4 is 5.32 Å². The molecule has 136 valence electrons. The normalized spacial score (nSPS) is 17.0. The maximum absolute atomic E-state index is 12.2. The molecule has 0 saturated carbocycles. The number of thiazole rings is 1. The SMILES string of the molecule is CCC1SC(=S)N(CCC(=O)Nc2ncc(Cc3ccccc3)s2)C1=O. The van der Waals surface area contributed by atoms with Crippen molar-refractivity contribution in [3.8, 4) is 0 Å². The van der Waals surface area contributed by atoms with Crippen LogP contribution in [0.2, 0.25) is 0 Å². The van der Waals surface area contributed by atoms with Crippen molar-refractivity contribution in [2.24, 2.45) is 0 Å². The second-order valence-electron chi connectivity index (χ2n) is 5.86. The van der Waals surface area contributed by atoms with Crippen molar-refractivity contribution in [3.05, 3.63) is 47.0 Å². The van der Waals surface area contributed by atoms with E-state index >= 15 is 0 Å². The van der Waals surface area contributed by atoms with E-state index in [-0.39, 0.29) is 23.5 Å².